The number of alkyl halides is 3. The molecule has 0 aromatic heterocycles. The summed E-state index contributed by atoms with van der Waals surface area (Å²) in [5, 5.41) is -2.80. The van der Waals surface area contributed by atoms with E-state index in [1.165, 1.54) is 30.0 Å². The van der Waals surface area contributed by atoms with Crippen LogP contribution < -0.4 is 4.74 Å². The molecule has 2 rings (SSSR count). The monoisotopic (exact) mass is 484 g/mol. The lowest BCUT2D eigenvalue weighted by molar-refractivity contribution is -0.158. The summed E-state index contributed by atoms with van der Waals surface area (Å²) in [6.07, 6.45) is -3.25. The third-order valence-electron chi connectivity index (χ3n) is 3.60. The van der Waals surface area contributed by atoms with Gasteiger partial charge < -0.3 is 14.5 Å². The van der Waals surface area contributed by atoms with Crippen LogP contribution >= 0.6 is 35.3 Å². The van der Waals surface area contributed by atoms with Gasteiger partial charge in [0, 0.05) is 27.6 Å². The minimum Gasteiger partial charge on any atom is -0.433 e. The molecule has 0 amide bonds. The van der Waals surface area contributed by atoms with E-state index in [9.17, 15) is 27.5 Å². The standard InChI is InChI=1S/C17H17BrF3O4PS/c1-16(19,26(22,23)24)14-8-3-11(9-15(14)18)10-27-13-6-4-12(5-7-13)25-17(2,20)21/h3-9H,10H2,1-2H3,(H2,22,23,24). The van der Waals surface area contributed by atoms with Crippen molar-refractivity contribution in [3.8, 4) is 5.75 Å². The molecule has 0 radical (unpaired) electrons. The van der Waals surface area contributed by atoms with Crippen molar-refractivity contribution in [2.24, 2.45) is 0 Å². The molecule has 0 aliphatic rings. The largest absolute Gasteiger partial charge is 0.433 e. The Balaban J connectivity index is 2.07. The topological polar surface area (TPSA) is 66.8 Å². The van der Waals surface area contributed by atoms with E-state index in [1.807, 2.05) is 0 Å². The summed E-state index contributed by atoms with van der Waals surface area (Å²) in [6.45, 7) is 1.50. The van der Waals surface area contributed by atoms with Crippen LogP contribution in [0.15, 0.2) is 51.8 Å². The summed E-state index contributed by atoms with van der Waals surface area (Å²) in [4.78, 5) is 19.2. The van der Waals surface area contributed by atoms with Crippen LogP contribution in [0.4, 0.5) is 13.2 Å². The van der Waals surface area contributed by atoms with Gasteiger partial charge in [-0.1, -0.05) is 28.1 Å². The van der Waals surface area contributed by atoms with Crippen LogP contribution in [0.5, 0.6) is 5.75 Å². The van der Waals surface area contributed by atoms with Gasteiger partial charge in [0.2, 0.25) is 5.41 Å². The zero-order valence-corrected chi connectivity index (χ0v) is 17.6. The molecule has 0 spiro atoms. The summed E-state index contributed by atoms with van der Waals surface area (Å²) in [5.74, 6) is 0.542. The third kappa shape index (κ3) is 5.99. The van der Waals surface area contributed by atoms with Gasteiger partial charge in [-0.3, -0.25) is 4.57 Å². The number of halogens is 4. The van der Waals surface area contributed by atoms with Gasteiger partial charge in [-0.2, -0.15) is 8.78 Å². The molecule has 2 aromatic carbocycles. The minimum absolute atomic E-state index is 0.0543. The van der Waals surface area contributed by atoms with Crippen molar-refractivity contribution >= 4 is 35.3 Å². The highest BCUT2D eigenvalue weighted by Crippen LogP contribution is 2.59. The maximum absolute atomic E-state index is 14.5. The van der Waals surface area contributed by atoms with Crippen LogP contribution in [0.2, 0.25) is 0 Å². The molecule has 1 atom stereocenters. The van der Waals surface area contributed by atoms with Crippen LogP contribution in [0.1, 0.15) is 25.0 Å². The number of ether oxygens (including phenoxy) is 1. The quantitative estimate of drug-likeness (QED) is 0.369. The molecule has 0 saturated heterocycles. The highest BCUT2D eigenvalue weighted by atomic mass is 79.9. The number of hydrogen-bond donors (Lipinski definition) is 2. The summed E-state index contributed by atoms with van der Waals surface area (Å²) in [6, 6.07) is 10.7. The van der Waals surface area contributed by atoms with Crippen molar-refractivity contribution in [1.82, 2.24) is 0 Å². The lowest BCUT2D eigenvalue weighted by atomic mass is 10.1. The van der Waals surface area contributed by atoms with Gasteiger partial charge in [-0.05, 0) is 42.8 Å². The molecule has 1 unspecified atom stereocenters. The Bertz CT molecular complexity index is 850. The van der Waals surface area contributed by atoms with Gasteiger partial charge in [-0.25, -0.2) is 4.39 Å². The van der Waals surface area contributed by atoms with Gasteiger partial charge in [-0.15, -0.1) is 11.8 Å². The molecule has 148 valence electrons. The molecule has 0 fully saturated rings. The van der Waals surface area contributed by atoms with E-state index in [4.69, 9.17) is 0 Å². The zero-order chi connectivity index (χ0) is 20.5. The smallest absolute Gasteiger partial charge is 0.394 e. The van der Waals surface area contributed by atoms with Gasteiger partial charge >= 0.3 is 13.7 Å². The van der Waals surface area contributed by atoms with Crippen molar-refractivity contribution in [1.29, 1.82) is 0 Å². The molecule has 2 N–H and O–H groups in total. The van der Waals surface area contributed by atoms with Crippen molar-refractivity contribution < 1.29 is 32.3 Å². The molecular formula is C17H17BrF3O4PS. The second-order valence-corrected chi connectivity index (χ2v) is 9.81. The Hall–Kier alpha value is -0.990. The Morgan fingerprint density at radius 3 is 2.19 bits per heavy atom. The first kappa shape index (κ1) is 22.3. The highest BCUT2D eigenvalue weighted by Gasteiger charge is 2.45. The lowest BCUT2D eigenvalue weighted by Crippen LogP contribution is -2.18. The van der Waals surface area contributed by atoms with E-state index in [0.29, 0.717) is 12.7 Å². The van der Waals surface area contributed by atoms with Gasteiger partial charge in [0.15, 0.2) is 0 Å². The van der Waals surface area contributed by atoms with Crippen molar-refractivity contribution in [3.63, 3.8) is 0 Å². The average molecular weight is 485 g/mol. The molecule has 27 heavy (non-hydrogen) atoms. The molecule has 0 aliphatic heterocycles. The number of hydrogen-bond acceptors (Lipinski definition) is 3. The maximum atomic E-state index is 14.5. The Morgan fingerprint density at radius 2 is 1.70 bits per heavy atom. The summed E-state index contributed by atoms with van der Waals surface area (Å²) in [5.41, 5.74) is 0.657. The molecule has 0 heterocycles. The van der Waals surface area contributed by atoms with E-state index in [2.05, 4.69) is 20.7 Å². The lowest BCUT2D eigenvalue weighted by Gasteiger charge is -2.23. The van der Waals surface area contributed by atoms with Crippen LogP contribution in [-0.2, 0) is 15.7 Å². The molecular weight excluding hydrogens is 468 g/mol. The predicted molar refractivity (Wildman–Crippen MR) is 102 cm³/mol. The third-order valence-corrected chi connectivity index (χ3v) is 6.67. The summed E-state index contributed by atoms with van der Waals surface area (Å²) in [7, 11) is -4.98. The van der Waals surface area contributed by atoms with Gasteiger partial charge in [0.05, 0.1) is 0 Å². The SMILES string of the molecule is CC(F)(F)Oc1ccc(SCc2ccc(C(C)(F)P(=O)(O)O)c(Br)c2)cc1. The van der Waals surface area contributed by atoms with Gasteiger partial charge in [0.25, 0.3) is 0 Å². The normalized spacial score (nSPS) is 14.7. The molecule has 2 aromatic rings. The fourth-order valence-corrected chi connectivity index (χ4v) is 4.45. The maximum Gasteiger partial charge on any atom is 0.394 e. The first-order valence-electron chi connectivity index (χ1n) is 7.63. The van der Waals surface area contributed by atoms with Crippen LogP contribution in [0.3, 0.4) is 0 Å². The van der Waals surface area contributed by atoms with Crippen molar-refractivity contribution in [3.05, 3.63) is 58.1 Å². The van der Waals surface area contributed by atoms with Gasteiger partial charge in [0.1, 0.15) is 5.75 Å². The Kier molecular flexibility index (Phi) is 6.75. The highest BCUT2D eigenvalue weighted by molar-refractivity contribution is 9.10. The second-order valence-electron chi connectivity index (χ2n) is 5.98. The molecule has 0 saturated carbocycles. The van der Waals surface area contributed by atoms with Crippen molar-refractivity contribution in [2.75, 3.05) is 0 Å². The Labute approximate surface area is 167 Å². The molecule has 4 nitrogen and oxygen atoms in total. The summed E-state index contributed by atoms with van der Waals surface area (Å²) >= 11 is 4.58. The fraction of sp³-hybridized carbons (Fsp3) is 0.294. The number of rotatable bonds is 7. The fourth-order valence-electron chi connectivity index (χ4n) is 2.15. The van der Waals surface area contributed by atoms with Crippen LogP contribution in [0, 0.1) is 0 Å². The minimum atomic E-state index is -4.98. The predicted octanol–water partition coefficient (Wildman–Crippen LogP) is 6.05. The average Bonchev–Trinajstić information content (AvgIpc) is 2.51. The number of benzene rings is 2. The van der Waals surface area contributed by atoms with E-state index in [1.54, 1.807) is 24.3 Å². The zero-order valence-electron chi connectivity index (χ0n) is 14.3. The van der Waals surface area contributed by atoms with E-state index in [0.717, 1.165) is 17.4 Å². The first-order chi connectivity index (χ1) is 12.3. The Morgan fingerprint density at radius 1 is 1.11 bits per heavy atom. The second kappa shape index (κ2) is 8.17. The van der Waals surface area contributed by atoms with Crippen LogP contribution in [-0.4, -0.2) is 15.9 Å². The number of thioether (sulfide) groups is 1. The molecule has 0 aliphatic carbocycles. The molecule has 0 bridgehead atoms. The van der Waals surface area contributed by atoms with Crippen LogP contribution in [0.25, 0.3) is 0 Å². The van der Waals surface area contributed by atoms with E-state index >= 15 is 0 Å². The summed E-state index contributed by atoms with van der Waals surface area (Å²) < 4.78 is 56.1. The first-order valence-corrected chi connectivity index (χ1v) is 11.0. The van der Waals surface area contributed by atoms with E-state index < -0.39 is 19.1 Å². The van der Waals surface area contributed by atoms with E-state index in [-0.39, 0.29) is 15.8 Å². The van der Waals surface area contributed by atoms with Crippen molar-refractivity contribution in [2.45, 2.75) is 36.0 Å². The molecule has 10 heteroatoms.